The van der Waals surface area contributed by atoms with Crippen LogP contribution in [0, 0.1) is 12.8 Å². The van der Waals surface area contributed by atoms with Gasteiger partial charge < -0.3 is 5.73 Å². The van der Waals surface area contributed by atoms with E-state index in [9.17, 15) is 8.42 Å². The van der Waals surface area contributed by atoms with Crippen molar-refractivity contribution in [2.45, 2.75) is 23.8 Å². The molecule has 0 bridgehead atoms. The summed E-state index contributed by atoms with van der Waals surface area (Å²) in [5.74, 6) is -0.0208. The largest absolute Gasteiger partial charge is 0.317 e. The summed E-state index contributed by atoms with van der Waals surface area (Å²) in [4.78, 5) is 0.339. The Kier molecular flexibility index (Phi) is 5.30. The Hall–Kier alpha value is -2.47. The van der Waals surface area contributed by atoms with Gasteiger partial charge in [-0.15, -0.1) is 0 Å². The van der Waals surface area contributed by atoms with Crippen LogP contribution in [0.2, 0.25) is 0 Å². The number of rotatable bonds is 5. The van der Waals surface area contributed by atoms with E-state index >= 15 is 0 Å². The van der Waals surface area contributed by atoms with Crippen molar-refractivity contribution in [2.24, 2.45) is 11.7 Å². The molecule has 1 aliphatic heterocycles. The quantitative estimate of drug-likeness (QED) is 0.699. The van der Waals surface area contributed by atoms with Crippen molar-refractivity contribution in [1.29, 1.82) is 0 Å². The average Bonchev–Trinajstić information content (AvgIpc) is 3.26. The van der Waals surface area contributed by atoms with Gasteiger partial charge in [-0.2, -0.15) is 4.31 Å². The standard InChI is InChI=1S/C24H26N2O2S/c1-19-12-14-23(15-13-19)29(27,28)26-17-16-22(18-26)24(25,20-8-4-2-5-9-20)21-10-6-3-7-11-21/h2-15,22H,16-18,25H2,1H3/t22-/m1/s1. The van der Waals surface area contributed by atoms with Gasteiger partial charge in [-0.3, -0.25) is 0 Å². The number of nitrogens with two attached hydrogens (primary N) is 1. The van der Waals surface area contributed by atoms with Gasteiger partial charge in [0, 0.05) is 19.0 Å². The summed E-state index contributed by atoms with van der Waals surface area (Å²) >= 11 is 0. The third kappa shape index (κ3) is 3.62. The van der Waals surface area contributed by atoms with Crippen molar-refractivity contribution in [1.82, 2.24) is 4.31 Å². The molecule has 1 atom stereocenters. The Morgan fingerprint density at radius 1 is 0.862 bits per heavy atom. The van der Waals surface area contributed by atoms with Crippen LogP contribution in [-0.2, 0) is 15.6 Å². The predicted octanol–water partition coefficient (Wildman–Crippen LogP) is 3.91. The minimum absolute atomic E-state index is 0.0208. The molecule has 4 rings (SSSR count). The Balaban J connectivity index is 1.69. The Bertz CT molecular complexity index is 1030. The van der Waals surface area contributed by atoms with Crippen LogP contribution >= 0.6 is 0 Å². The molecule has 0 spiro atoms. The highest BCUT2D eigenvalue weighted by Crippen LogP contribution is 2.40. The minimum atomic E-state index is -3.54. The fourth-order valence-electron chi connectivity index (χ4n) is 4.24. The molecule has 1 saturated heterocycles. The van der Waals surface area contributed by atoms with Crippen LogP contribution in [0.3, 0.4) is 0 Å². The van der Waals surface area contributed by atoms with Crippen molar-refractivity contribution in [2.75, 3.05) is 13.1 Å². The van der Waals surface area contributed by atoms with E-state index in [-0.39, 0.29) is 5.92 Å². The Morgan fingerprint density at radius 2 is 1.38 bits per heavy atom. The number of hydrogen-bond donors (Lipinski definition) is 1. The Labute approximate surface area is 173 Å². The number of hydrogen-bond acceptors (Lipinski definition) is 3. The summed E-state index contributed by atoms with van der Waals surface area (Å²) in [6, 6.07) is 27.0. The molecule has 1 aliphatic rings. The van der Waals surface area contributed by atoms with Gasteiger partial charge in [-0.1, -0.05) is 78.4 Å². The summed E-state index contributed by atoms with van der Waals surface area (Å²) < 4.78 is 27.9. The van der Waals surface area contributed by atoms with Crippen LogP contribution in [0.4, 0.5) is 0 Å². The maximum atomic E-state index is 13.2. The lowest BCUT2D eigenvalue weighted by molar-refractivity contribution is 0.336. The highest BCUT2D eigenvalue weighted by Gasteiger charge is 2.44. The molecule has 3 aromatic carbocycles. The summed E-state index contributed by atoms with van der Waals surface area (Å²) in [7, 11) is -3.54. The van der Waals surface area contributed by atoms with E-state index in [4.69, 9.17) is 5.73 Å². The van der Waals surface area contributed by atoms with Crippen LogP contribution in [0.1, 0.15) is 23.1 Å². The first kappa shape index (κ1) is 19.8. The van der Waals surface area contributed by atoms with Crippen molar-refractivity contribution in [3.8, 4) is 0 Å². The molecule has 0 saturated carbocycles. The molecule has 29 heavy (non-hydrogen) atoms. The first-order chi connectivity index (χ1) is 13.9. The molecule has 2 N–H and O–H groups in total. The highest BCUT2D eigenvalue weighted by molar-refractivity contribution is 7.89. The fourth-order valence-corrected chi connectivity index (χ4v) is 5.74. The molecule has 0 radical (unpaired) electrons. The molecule has 1 heterocycles. The zero-order valence-corrected chi connectivity index (χ0v) is 17.3. The molecule has 0 unspecified atom stereocenters. The van der Waals surface area contributed by atoms with E-state index in [1.165, 1.54) is 0 Å². The van der Waals surface area contributed by atoms with Crippen molar-refractivity contribution >= 4 is 10.0 Å². The van der Waals surface area contributed by atoms with Gasteiger partial charge in [0.1, 0.15) is 0 Å². The van der Waals surface area contributed by atoms with Crippen molar-refractivity contribution < 1.29 is 8.42 Å². The van der Waals surface area contributed by atoms with Gasteiger partial charge in [-0.05, 0) is 36.6 Å². The number of benzene rings is 3. The SMILES string of the molecule is Cc1ccc(S(=O)(=O)N2CC[C@@H](C(N)(c3ccccc3)c3ccccc3)C2)cc1. The Morgan fingerprint density at radius 3 is 1.90 bits per heavy atom. The van der Waals surface area contributed by atoms with Crippen molar-refractivity contribution in [3.63, 3.8) is 0 Å². The molecule has 150 valence electrons. The maximum absolute atomic E-state index is 13.2. The van der Waals surface area contributed by atoms with Gasteiger partial charge in [0.15, 0.2) is 0 Å². The molecule has 4 nitrogen and oxygen atoms in total. The van der Waals surface area contributed by atoms with E-state index in [1.807, 2.05) is 79.7 Å². The van der Waals surface area contributed by atoms with Gasteiger partial charge in [0.2, 0.25) is 10.0 Å². The predicted molar refractivity (Wildman–Crippen MR) is 116 cm³/mol. The molecule has 0 aromatic heterocycles. The lowest BCUT2D eigenvalue weighted by Gasteiger charge is -2.36. The smallest absolute Gasteiger partial charge is 0.243 e. The second-order valence-corrected chi connectivity index (χ2v) is 9.70. The monoisotopic (exact) mass is 406 g/mol. The van der Waals surface area contributed by atoms with Crippen LogP contribution in [0.5, 0.6) is 0 Å². The van der Waals surface area contributed by atoms with E-state index in [2.05, 4.69) is 0 Å². The van der Waals surface area contributed by atoms with Gasteiger partial charge >= 0.3 is 0 Å². The van der Waals surface area contributed by atoms with E-state index in [1.54, 1.807) is 16.4 Å². The number of aryl methyl sites for hydroxylation is 1. The lowest BCUT2D eigenvalue weighted by Crippen LogP contribution is -2.46. The molecule has 3 aromatic rings. The minimum Gasteiger partial charge on any atom is -0.317 e. The molecule has 5 heteroatoms. The second-order valence-electron chi connectivity index (χ2n) is 7.76. The van der Waals surface area contributed by atoms with Gasteiger partial charge in [0.25, 0.3) is 0 Å². The first-order valence-electron chi connectivity index (χ1n) is 9.89. The molecule has 0 amide bonds. The first-order valence-corrected chi connectivity index (χ1v) is 11.3. The lowest BCUT2D eigenvalue weighted by atomic mass is 9.73. The highest BCUT2D eigenvalue weighted by atomic mass is 32.2. The maximum Gasteiger partial charge on any atom is 0.243 e. The summed E-state index contributed by atoms with van der Waals surface area (Å²) in [5, 5.41) is 0. The van der Waals surface area contributed by atoms with Crippen LogP contribution < -0.4 is 5.73 Å². The third-order valence-corrected chi connectivity index (χ3v) is 7.84. The van der Waals surface area contributed by atoms with Crippen molar-refractivity contribution in [3.05, 3.63) is 102 Å². The van der Waals surface area contributed by atoms with E-state index < -0.39 is 15.6 Å². The van der Waals surface area contributed by atoms with Crippen LogP contribution in [0.25, 0.3) is 0 Å². The molecular weight excluding hydrogens is 380 g/mol. The summed E-state index contributed by atoms with van der Waals surface area (Å²) in [5.41, 5.74) is 9.39. The second kappa shape index (κ2) is 7.75. The molecule has 1 fully saturated rings. The molecule has 0 aliphatic carbocycles. The summed E-state index contributed by atoms with van der Waals surface area (Å²) in [6.45, 7) is 2.82. The third-order valence-electron chi connectivity index (χ3n) is 5.96. The van der Waals surface area contributed by atoms with Crippen LogP contribution in [-0.4, -0.2) is 25.8 Å². The fraction of sp³-hybridized carbons (Fsp3) is 0.250. The molecular formula is C24H26N2O2S. The number of sulfonamides is 1. The van der Waals surface area contributed by atoms with Gasteiger partial charge in [-0.25, -0.2) is 8.42 Å². The zero-order valence-electron chi connectivity index (χ0n) is 16.5. The number of nitrogens with zero attached hydrogens (tertiary/aromatic N) is 1. The normalized spacial score (nSPS) is 18.1. The average molecular weight is 407 g/mol. The van der Waals surface area contributed by atoms with E-state index in [0.717, 1.165) is 16.7 Å². The zero-order chi connectivity index (χ0) is 20.5. The topological polar surface area (TPSA) is 63.4 Å². The van der Waals surface area contributed by atoms with E-state index in [0.29, 0.717) is 24.4 Å². The summed E-state index contributed by atoms with van der Waals surface area (Å²) in [6.07, 6.45) is 0.714. The van der Waals surface area contributed by atoms with Crippen LogP contribution in [0.15, 0.2) is 89.8 Å². The van der Waals surface area contributed by atoms with Gasteiger partial charge in [0.05, 0.1) is 10.4 Å².